The maximum Gasteiger partial charge on any atom is 1.00 e. The Morgan fingerprint density at radius 2 is 0.773 bits per heavy atom. The number of ether oxygens (including phenoxy) is 4. The summed E-state index contributed by atoms with van der Waals surface area (Å²) < 4.78 is 107. The maximum absolute atomic E-state index is 13.3. The zero-order valence-electron chi connectivity index (χ0n) is 67.7. The molecule has 628 valence electrons. The van der Waals surface area contributed by atoms with E-state index < -0.39 is 109 Å². The average Bonchev–Trinajstić information content (AvgIpc) is 0.766. The maximum atomic E-state index is 13.3. The van der Waals surface area contributed by atoms with E-state index in [2.05, 4.69) is 37.5 Å². The first-order valence-electron chi connectivity index (χ1n) is 40.5. The van der Waals surface area contributed by atoms with Gasteiger partial charge < -0.3 is 66.8 Å². The van der Waals surface area contributed by atoms with Crippen molar-refractivity contribution in [2.75, 3.05) is 97.0 Å². The monoisotopic (exact) mass is 1680 g/mol. The number of benzene rings is 2. The number of rotatable bonds is 64. The first-order chi connectivity index (χ1) is 51.1. The van der Waals surface area contributed by atoms with Crippen LogP contribution in [-0.2, 0) is 71.5 Å². The molecule has 4 rings (SSSR count). The smallest absolute Gasteiger partial charge is 0.756 e. The molecule has 2 aromatic carbocycles. The minimum Gasteiger partial charge on any atom is -0.756 e. The van der Waals surface area contributed by atoms with Gasteiger partial charge in [0.1, 0.15) is 19.3 Å². The summed E-state index contributed by atoms with van der Waals surface area (Å²) in [5, 5.41) is 19.5. The Morgan fingerprint density at radius 1 is 0.445 bits per heavy atom. The summed E-state index contributed by atoms with van der Waals surface area (Å²) in [7, 11) is -10.4. The number of esters is 4. The van der Waals surface area contributed by atoms with Gasteiger partial charge in [0.15, 0.2) is 12.2 Å². The van der Waals surface area contributed by atoms with Gasteiger partial charge in [-0.3, -0.25) is 33.2 Å². The van der Waals surface area contributed by atoms with Crippen LogP contribution in [0.1, 0.15) is 297 Å². The van der Waals surface area contributed by atoms with Crippen molar-refractivity contribution in [2.24, 2.45) is 0 Å². The Labute approximate surface area is 719 Å². The number of carbonyl (C=O) groups excluding carboxylic acids is 4. The van der Waals surface area contributed by atoms with Gasteiger partial charge in [-0.05, 0) is 69.0 Å². The number of alkyl halides is 3. The van der Waals surface area contributed by atoms with Crippen LogP contribution in [0.15, 0.2) is 52.3 Å². The Bertz CT molecular complexity index is 2640. The summed E-state index contributed by atoms with van der Waals surface area (Å²) >= 11 is 1.53. The van der Waals surface area contributed by atoms with E-state index in [4.69, 9.17) is 42.1 Å². The molecule has 2 aliphatic heterocycles. The number of nitrogens with zero attached hydrogens (tertiary/aromatic N) is 3. The number of hydrogen-bond acceptors (Lipinski definition) is 22. The molecule has 0 spiro atoms. The van der Waals surface area contributed by atoms with E-state index >= 15 is 0 Å². The third kappa shape index (κ3) is 56.3. The first-order valence-corrected chi connectivity index (χ1v) is 44.3. The molecule has 21 nitrogen and oxygen atoms in total. The van der Waals surface area contributed by atoms with Gasteiger partial charge in [-0.1, -0.05) is 257 Å². The number of phosphoric acid groups is 2. The van der Waals surface area contributed by atoms with Crippen molar-refractivity contribution in [1.82, 2.24) is 9.80 Å². The standard InChI is InChI=1S/C57H110O17P2.C22H26F3N3OS.2ClH.2Na/c1-5-9-13-17-21-25-29-33-37-41-54(59)67-47-52(73-56(61)43-39-35-31-27-23-19-15-11-7-3)49-71-75(63,64)69-45-51(58)46-70-76(65,66)72-50-53(74-57(62)44-40-36-32-28-24-20-16-12-8-4)48-68-55(60)42-38-34-30-26-22-18-14-10-6-2;23-22(24,25)17-6-7-21-19(16-17)28(18-4-1-2-5-20(18)30-21)9-3-8-26-10-12-27(13-11-26)14-15-29;;;;/h51-53,58H,5-50H2,1-4H3,(H,63,64)(H,65,66);1-2,4-7,16,29H,3,8-15H2;2*1H;;/q;;;;2*+1/p-2. The molecule has 2 N–H and O–H groups in total. The molecule has 0 saturated carbocycles. The van der Waals surface area contributed by atoms with Gasteiger partial charge in [0.25, 0.3) is 15.6 Å². The SMILES string of the molecule is CCCCCCCCCCCC(=O)OCC(COP(=O)([O-])OCC(O)COP(=O)([O-])OCC(COC(=O)CCCCCCCCCCC)OC(=O)CCCCCCCCCCC)OC(=O)CCCCCCCCCCC.Cl.Cl.OCCN1CCN(CCCN2c3ccccc3Sc3ccc(C(F)(F)F)cc32)CC1.[Na+].[Na+]. The molecule has 0 radical (unpaired) electrons. The summed E-state index contributed by atoms with van der Waals surface area (Å²) in [4.78, 5) is 84.9. The largest absolute Gasteiger partial charge is 1.00 e. The number of β-amino-alcohol motifs (C(OH)–C–C–N with tert-alkyl or cyclic N) is 1. The van der Waals surface area contributed by atoms with Gasteiger partial charge in [0.2, 0.25) is 0 Å². The van der Waals surface area contributed by atoms with Gasteiger partial charge in [-0.2, -0.15) is 13.2 Å². The van der Waals surface area contributed by atoms with E-state index in [1.807, 2.05) is 29.2 Å². The fraction of sp³-hybridized carbons (Fsp3) is 0.797. The average molecular weight is 1680 g/mol. The number of halogens is 5. The molecular formula is C79H136Cl2F3N3Na2O18P2S. The van der Waals surface area contributed by atoms with Gasteiger partial charge in [0, 0.05) is 74.7 Å². The van der Waals surface area contributed by atoms with Crippen molar-refractivity contribution in [2.45, 2.75) is 325 Å². The number of aliphatic hydroxyl groups is 2. The van der Waals surface area contributed by atoms with E-state index in [9.17, 15) is 56.4 Å². The Kier molecular flexibility index (Phi) is 70.4. The van der Waals surface area contributed by atoms with Crippen molar-refractivity contribution in [3.8, 4) is 0 Å². The van der Waals surface area contributed by atoms with Crippen LogP contribution in [0.4, 0.5) is 24.5 Å². The van der Waals surface area contributed by atoms with Crippen molar-refractivity contribution in [3.63, 3.8) is 0 Å². The van der Waals surface area contributed by atoms with Crippen LogP contribution in [0.3, 0.4) is 0 Å². The summed E-state index contributed by atoms with van der Waals surface area (Å²) in [5.41, 5.74) is 1.01. The summed E-state index contributed by atoms with van der Waals surface area (Å²) in [6, 6.07) is 11.9. The van der Waals surface area contributed by atoms with E-state index in [0.717, 1.165) is 157 Å². The molecule has 0 amide bonds. The third-order valence-electron chi connectivity index (χ3n) is 18.8. The topological polar surface area (TPSA) is 273 Å². The van der Waals surface area contributed by atoms with Crippen LogP contribution >= 0.6 is 52.2 Å². The Balaban J connectivity index is 0. The van der Waals surface area contributed by atoms with Gasteiger partial charge in [0.05, 0.1) is 50.0 Å². The fourth-order valence-electron chi connectivity index (χ4n) is 12.5. The molecule has 2 aromatic rings. The number of piperazine rings is 1. The van der Waals surface area contributed by atoms with Crippen molar-refractivity contribution in [3.05, 3.63) is 48.0 Å². The predicted molar refractivity (Wildman–Crippen MR) is 422 cm³/mol. The van der Waals surface area contributed by atoms with Crippen LogP contribution in [0, 0.1) is 0 Å². The molecular weight excluding hydrogens is 1550 g/mol. The summed E-state index contributed by atoms with van der Waals surface area (Å²) in [6.45, 7) is 10.7. The second-order valence-corrected chi connectivity index (χ2v) is 32.2. The number of anilines is 2. The Morgan fingerprint density at radius 3 is 1.14 bits per heavy atom. The van der Waals surface area contributed by atoms with E-state index in [0.29, 0.717) is 44.5 Å². The molecule has 2 heterocycles. The molecule has 4 unspecified atom stereocenters. The molecule has 110 heavy (non-hydrogen) atoms. The predicted octanol–water partition coefficient (Wildman–Crippen LogP) is 13.1. The first kappa shape index (κ1) is 111. The number of aliphatic hydroxyl groups excluding tert-OH is 2. The minimum absolute atomic E-state index is 0. The van der Waals surface area contributed by atoms with Gasteiger partial charge in [-0.15, -0.1) is 24.8 Å². The van der Waals surface area contributed by atoms with Gasteiger partial charge in [-0.25, -0.2) is 0 Å². The van der Waals surface area contributed by atoms with Crippen LogP contribution in [0.2, 0.25) is 0 Å². The number of carbonyl (C=O) groups is 4. The van der Waals surface area contributed by atoms with Crippen LogP contribution in [0.5, 0.6) is 0 Å². The normalized spacial score (nSPS) is 14.7. The second-order valence-electron chi connectivity index (χ2n) is 28.3. The molecule has 0 bridgehead atoms. The third-order valence-corrected chi connectivity index (χ3v) is 21.8. The quantitative estimate of drug-likeness (QED) is 0.0205. The molecule has 2 aliphatic rings. The van der Waals surface area contributed by atoms with E-state index in [-0.39, 0.29) is 116 Å². The van der Waals surface area contributed by atoms with E-state index in [1.165, 1.54) is 127 Å². The zero-order valence-corrected chi connectivity index (χ0v) is 75.9. The van der Waals surface area contributed by atoms with Crippen LogP contribution in [0.25, 0.3) is 0 Å². The molecule has 1 saturated heterocycles. The summed E-state index contributed by atoms with van der Waals surface area (Å²) in [5.74, 6) is -2.24. The van der Waals surface area contributed by atoms with Crippen LogP contribution < -0.4 is 73.8 Å². The number of hydrogen-bond donors (Lipinski definition) is 2. The fourth-order valence-corrected chi connectivity index (χ4v) is 15.1. The molecule has 0 aliphatic carbocycles. The van der Waals surface area contributed by atoms with Crippen molar-refractivity contribution >= 4 is 87.5 Å². The van der Waals surface area contributed by atoms with Crippen molar-refractivity contribution in [1.29, 1.82) is 0 Å². The zero-order chi connectivity index (χ0) is 77.4. The Hall–Kier alpha value is -1.10. The molecule has 0 aromatic heterocycles. The minimum atomic E-state index is -5.20. The van der Waals surface area contributed by atoms with Crippen LogP contribution in [-0.4, -0.2) is 154 Å². The number of phosphoric ester groups is 2. The molecule has 1 fully saturated rings. The molecule has 4 atom stereocenters. The number of fused-ring (bicyclic) bond motifs is 2. The van der Waals surface area contributed by atoms with E-state index in [1.54, 1.807) is 6.07 Å². The van der Waals surface area contributed by atoms with Gasteiger partial charge >= 0.3 is 89.2 Å². The van der Waals surface area contributed by atoms with Crippen molar-refractivity contribution < 1.29 is 158 Å². The number of unbranched alkanes of at least 4 members (excludes halogenated alkanes) is 32. The number of para-hydroxylation sites is 1. The summed E-state index contributed by atoms with van der Waals surface area (Å²) in [6.07, 6.45) is 30.7. The second kappa shape index (κ2) is 69.8. The molecule has 31 heteroatoms.